The number of pyridine rings is 2. The molecule has 0 atom stereocenters. The van der Waals surface area contributed by atoms with Gasteiger partial charge in [-0.15, -0.1) is 0 Å². The molecule has 0 bridgehead atoms. The van der Waals surface area contributed by atoms with Crippen molar-refractivity contribution in [1.82, 2.24) is 9.97 Å². The largest absolute Gasteiger partial charge is 0.480 e. The van der Waals surface area contributed by atoms with Crippen molar-refractivity contribution in [2.24, 2.45) is 0 Å². The first-order valence-corrected chi connectivity index (χ1v) is 4.75. The Bertz CT molecular complexity index is 586. The molecule has 2 aromatic heterocycles. The molecule has 0 aliphatic rings. The van der Waals surface area contributed by atoms with Crippen LogP contribution in [-0.4, -0.2) is 30.2 Å². The topological polar surface area (TPSA) is 61.3 Å². The lowest BCUT2D eigenvalue weighted by Crippen LogP contribution is -2.06. The zero-order valence-corrected chi connectivity index (χ0v) is 9.23. The lowest BCUT2D eigenvalue weighted by Gasteiger charge is -2.07. The molecule has 0 radical (unpaired) electrons. The number of fused-ring (bicyclic) bond motifs is 1. The van der Waals surface area contributed by atoms with Crippen molar-refractivity contribution in [3.63, 3.8) is 0 Å². The fraction of sp³-hybridized carbons (Fsp3) is 0.182. The average Bonchev–Trinajstić information content (AvgIpc) is 2.37. The van der Waals surface area contributed by atoms with E-state index in [0.717, 1.165) is 0 Å². The van der Waals surface area contributed by atoms with E-state index in [4.69, 9.17) is 4.74 Å². The van der Waals surface area contributed by atoms with Crippen molar-refractivity contribution in [3.8, 4) is 5.88 Å². The van der Waals surface area contributed by atoms with Crippen LogP contribution in [0.25, 0.3) is 11.0 Å². The van der Waals surface area contributed by atoms with Gasteiger partial charge in [-0.2, -0.15) is 4.98 Å². The molecular formula is C11H9FN2O3. The highest BCUT2D eigenvalue weighted by Crippen LogP contribution is 2.23. The molecule has 0 fully saturated rings. The van der Waals surface area contributed by atoms with Gasteiger partial charge >= 0.3 is 5.97 Å². The summed E-state index contributed by atoms with van der Waals surface area (Å²) in [7, 11) is 2.59. The van der Waals surface area contributed by atoms with Gasteiger partial charge in [0.15, 0.2) is 5.65 Å². The summed E-state index contributed by atoms with van der Waals surface area (Å²) in [5.41, 5.74) is 0.240. The van der Waals surface area contributed by atoms with Crippen molar-refractivity contribution >= 4 is 17.0 Å². The van der Waals surface area contributed by atoms with Gasteiger partial charge in [-0.3, -0.25) is 0 Å². The van der Waals surface area contributed by atoms with Gasteiger partial charge in [0.05, 0.1) is 19.6 Å². The first-order chi connectivity index (χ1) is 8.17. The summed E-state index contributed by atoms with van der Waals surface area (Å²) in [5.74, 6) is -1.09. The first-order valence-electron chi connectivity index (χ1n) is 4.75. The highest BCUT2D eigenvalue weighted by Gasteiger charge is 2.17. The van der Waals surface area contributed by atoms with Gasteiger partial charge in [0.1, 0.15) is 11.4 Å². The predicted molar refractivity (Wildman–Crippen MR) is 57.4 cm³/mol. The van der Waals surface area contributed by atoms with Gasteiger partial charge in [0, 0.05) is 6.20 Å². The molecule has 0 aliphatic carbocycles. The van der Waals surface area contributed by atoms with E-state index in [2.05, 4.69) is 14.7 Å². The Labute approximate surface area is 96.2 Å². The molecule has 2 rings (SSSR count). The maximum Gasteiger partial charge on any atom is 0.343 e. The monoisotopic (exact) mass is 236 g/mol. The van der Waals surface area contributed by atoms with Crippen LogP contribution in [0, 0.1) is 5.82 Å². The van der Waals surface area contributed by atoms with Crippen LogP contribution < -0.4 is 4.74 Å². The second-order valence-corrected chi connectivity index (χ2v) is 3.20. The molecule has 2 aromatic rings. The smallest absolute Gasteiger partial charge is 0.343 e. The molecule has 0 saturated carbocycles. The SMILES string of the molecule is COC(=O)c1cc2c(F)ccnc2nc1OC. The molecule has 0 aromatic carbocycles. The van der Waals surface area contributed by atoms with E-state index >= 15 is 0 Å². The van der Waals surface area contributed by atoms with Crippen molar-refractivity contribution in [1.29, 1.82) is 0 Å². The van der Waals surface area contributed by atoms with Gasteiger partial charge in [-0.05, 0) is 12.1 Å². The number of hydrogen-bond acceptors (Lipinski definition) is 5. The van der Waals surface area contributed by atoms with Gasteiger partial charge < -0.3 is 9.47 Å². The molecule has 0 saturated heterocycles. The van der Waals surface area contributed by atoms with Gasteiger partial charge in [0.25, 0.3) is 0 Å². The summed E-state index contributed by atoms with van der Waals surface area (Å²) < 4.78 is 23.0. The number of carbonyl (C=O) groups is 1. The van der Waals surface area contributed by atoms with E-state index in [1.165, 1.54) is 32.5 Å². The van der Waals surface area contributed by atoms with Gasteiger partial charge in [-0.1, -0.05) is 0 Å². The van der Waals surface area contributed by atoms with Crippen LogP contribution in [0.2, 0.25) is 0 Å². The number of hydrogen-bond donors (Lipinski definition) is 0. The third kappa shape index (κ3) is 1.89. The fourth-order valence-electron chi connectivity index (χ4n) is 1.44. The lowest BCUT2D eigenvalue weighted by molar-refractivity contribution is 0.0596. The minimum atomic E-state index is -0.639. The van der Waals surface area contributed by atoms with E-state index in [9.17, 15) is 9.18 Å². The molecule has 2 heterocycles. The zero-order valence-electron chi connectivity index (χ0n) is 9.23. The molecular weight excluding hydrogens is 227 g/mol. The number of ether oxygens (including phenoxy) is 2. The number of nitrogens with zero attached hydrogens (tertiary/aromatic N) is 2. The van der Waals surface area contributed by atoms with Crippen molar-refractivity contribution in [3.05, 3.63) is 29.7 Å². The van der Waals surface area contributed by atoms with Crippen molar-refractivity contribution in [2.45, 2.75) is 0 Å². The van der Waals surface area contributed by atoms with Gasteiger partial charge in [-0.25, -0.2) is 14.2 Å². The minimum Gasteiger partial charge on any atom is -0.480 e. The average molecular weight is 236 g/mol. The zero-order chi connectivity index (χ0) is 12.4. The molecule has 0 amide bonds. The van der Waals surface area contributed by atoms with Crippen LogP contribution in [0.5, 0.6) is 5.88 Å². The standard InChI is InChI=1S/C11H9FN2O3/c1-16-10-7(11(15)17-2)5-6-8(12)3-4-13-9(6)14-10/h3-5H,1-2H3. The summed E-state index contributed by atoms with van der Waals surface area (Å²) in [4.78, 5) is 19.3. The van der Waals surface area contributed by atoms with E-state index in [-0.39, 0.29) is 22.5 Å². The van der Waals surface area contributed by atoms with Gasteiger partial charge in [0.2, 0.25) is 5.88 Å². The maximum absolute atomic E-state index is 13.5. The Morgan fingerprint density at radius 3 is 2.82 bits per heavy atom. The molecule has 5 nitrogen and oxygen atoms in total. The number of rotatable bonds is 2. The maximum atomic E-state index is 13.5. The Kier molecular flexibility index (Phi) is 2.86. The minimum absolute atomic E-state index is 0.0578. The molecule has 0 unspecified atom stereocenters. The number of halogens is 1. The van der Waals surface area contributed by atoms with Crippen molar-refractivity contribution in [2.75, 3.05) is 14.2 Å². The molecule has 6 heteroatoms. The Morgan fingerprint density at radius 1 is 1.41 bits per heavy atom. The normalized spacial score (nSPS) is 10.3. The number of carbonyl (C=O) groups excluding carboxylic acids is 1. The number of aromatic nitrogens is 2. The summed E-state index contributed by atoms with van der Waals surface area (Å²) >= 11 is 0. The summed E-state index contributed by atoms with van der Waals surface area (Å²) in [5, 5.41) is 0.147. The van der Waals surface area contributed by atoms with Crippen LogP contribution in [0.1, 0.15) is 10.4 Å². The van der Waals surface area contributed by atoms with Crippen molar-refractivity contribution < 1.29 is 18.7 Å². The summed E-state index contributed by atoms with van der Waals surface area (Å²) in [6.07, 6.45) is 1.29. The van der Waals surface area contributed by atoms with E-state index < -0.39 is 11.8 Å². The molecule has 0 N–H and O–H groups in total. The highest BCUT2D eigenvalue weighted by atomic mass is 19.1. The second kappa shape index (κ2) is 4.32. The Morgan fingerprint density at radius 2 is 2.18 bits per heavy atom. The third-order valence-electron chi connectivity index (χ3n) is 2.24. The highest BCUT2D eigenvalue weighted by molar-refractivity contribution is 5.95. The molecule has 0 aliphatic heterocycles. The number of esters is 1. The van der Waals surface area contributed by atoms with E-state index in [1.54, 1.807) is 0 Å². The molecule has 88 valence electrons. The van der Waals surface area contributed by atoms with Crippen LogP contribution >= 0.6 is 0 Å². The lowest BCUT2D eigenvalue weighted by atomic mass is 10.2. The van der Waals surface area contributed by atoms with Crippen LogP contribution in [-0.2, 0) is 4.74 Å². The summed E-state index contributed by atoms with van der Waals surface area (Å²) in [6, 6.07) is 2.51. The van der Waals surface area contributed by atoms with E-state index in [0.29, 0.717) is 0 Å². The Balaban J connectivity index is 2.74. The third-order valence-corrected chi connectivity index (χ3v) is 2.24. The molecule has 0 spiro atoms. The van der Waals surface area contributed by atoms with Crippen LogP contribution in [0.3, 0.4) is 0 Å². The van der Waals surface area contributed by atoms with Crippen LogP contribution in [0.4, 0.5) is 4.39 Å². The van der Waals surface area contributed by atoms with Crippen LogP contribution in [0.15, 0.2) is 18.3 Å². The summed E-state index contributed by atoms with van der Waals surface area (Å²) in [6.45, 7) is 0. The number of methoxy groups -OCH3 is 2. The quantitative estimate of drug-likeness (QED) is 0.740. The predicted octanol–water partition coefficient (Wildman–Crippen LogP) is 1.56. The fourth-order valence-corrected chi connectivity index (χ4v) is 1.44. The second-order valence-electron chi connectivity index (χ2n) is 3.20. The first kappa shape index (κ1) is 11.3. The van der Waals surface area contributed by atoms with E-state index in [1.807, 2.05) is 0 Å². The Hall–Kier alpha value is -2.24. The molecule has 17 heavy (non-hydrogen) atoms.